The number of hydrogen-bond acceptors (Lipinski definition) is 4. The largest absolute Gasteiger partial charge is 0.481 e. The molecule has 0 aliphatic rings. The summed E-state index contributed by atoms with van der Waals surface area (Å²) in [6.07, 6.45) is 1.59. The summed E-state index contributed by atoms with van der Waals surface area (Å²) < 4.78 is 0. The van der Waals surface area contributed by atoms with Crippen LogP contribution in [0.25, 0.3) is 0 Å². The Morgan fingerprint density at radius 3 is 2.94 bits per heavy atom. The van der Waals surface area contributed by atoms with Crippen LogP contribution < -0.4 is 5.32 Å². The zero-order valence-electron chi connectivity index (χ0n) is 9.73. The molecule has 0 atom stereocenters. The molecule has 1 aromatic rings. The first-order valence-electron chi connectivity index (χ1n) is 5.46. The van der Waals surface area contributed by atoms with Crippen molar-refractivity contribution in [3.8, 4) is 6.07 Å². The van der Waals surface area contributed by atoms with Crippen molar-refractivity contribution in [1.29, 1.82) is 5.26 Å². The molecular formula is C12H15N3O2. The number of anilines is 1. The van der Waals surface area contributed by atoms with E-state index in [1.807, 2.05) is 6.92 Å². The van der Waals surface area contributed by atoms with Gasteiger partial charge in [0.15, 0.2) is 0 Å². The first kappa shape index (κ1) is 13.0. The molecule has 1 rings (SSSR count). The van der Waals surface area contributed by atoms with Gasteiger partial charge in [0.05, 0.1) is 11.6 Å². The average Bonchev–Trinajstić information content (AvgIpc) is 2.27. The third-order valence-corrected chi connectivity index (χ3v) is 2.21. The number of nitrogens with zero attached hydrogens (tertiary/aromatic N) is 2. The van der Waals surface area contributed by atoms with E-state index in [-0.39, 0.29) is 6.42 Å². The average molecular weight is 233 g/mol. The van der Waals surface area contributed by atoms with E-state index >= 15 is 0 Å². The zero-order valence-corrected chi connectivity index (χ0v) is 9.73. The van der Waals surface area contributed by atoms with Crippen LogP contribution in [-0.4, -0.2) is 22.6 Å². The van der Waals surface area contributed by atoms with Crippen LogP contribution in [0.5, 0.6) is 0 Å². The van der Waals surface area contributed by atoms with Crippen LogP contribution in [0, 0.1) is 18.3 Å². The van der Waals surface area contributed by atoms with Crippen molar-refractivity contribution in [2.24, 2.45) is 0 Å². The molecule has 5 heteroatoms. The molecule has 0 amide bonds. The van der Waals surface area contributed by atoms with Gasteiger partial charge in [0.25, 0.3) is 0 Å². The molecule has 0 radical (unpaired) electrons. The number of pyridine rings is 1. The van der Waals surface area contributed by atoms with Gasteiger partial charge in [0, 0.05) is 18.7 Å². The smallest absolute Gasteiger partial charge is 0.303 e. The van der Waals surface area contributed by atoms with E-state index in [0.29, 0.717) is 24.3 Å². The van der Waals surface area contributed by atoms with Crippen LogP contribution in [0.3, 0.4) is 0 Å². The highest BCUT2D eigenvalue weighted by Crippen LogP contribution is 2.09. The van der Waals surface area contributed by atoms with Gasteiger partial charge in [-0.15, -0.1) is 0 Å². The number of aromatic nitrogens is 1. The highest BCUT2D eigenvalue weighted by Gasteiger charge is 2.00. The van der Waals surface area contributed by atoms with Crippen LogP contribution >= 0.6 is 0 Å². The molecule has 0 spiro atoms. The van der Waals surface area contributed by atoms with E-state index in [9.17, 15) is 4.79 Å². The molecule has 2 N–H and O–H groups in total. The number of rotatable bonds is 6. The number of carbonyl (C=O) groups is 1. The highest BCUT2D eigenvalue weighted by atomic mass is 16.4. The lowest BCUT2D eigenvalue weighted by atomic mass is 10.2. The van der Waals surface area contributed by atoms with E-state index in [1.54, 1.807) is 12.1 Å². The fourth-order valence-corrected chi connectivity index (χ4v) is 1.44. The molecule has 0 aliphatic carbocycles. The summed E-state index contributed by atoms with van der Waals surface area (Å²) in [4.78, 5) is 14.5. The molecule has 90 valence electrons. The monoisotopic (exact) mass is 233 g/mol. The van der Waals surface area contributed by atoms with Crippen molar-refractivity contribution in [3.63, 3.8) is 0 Å². The van der Waals surface area contributed by atoms with E-state index < -0.39 is 5.97 Å². The summed E-state index contributed by atoms with van der Waals surface area (Å²) in [6, 6.07) is 5.47. The van der Waals surface area contributed by atoms with E-state index in [2.05, 4.69) is 16.4 Å². The van der Waals surface area contributed by atoms with Crippen LogP contribution in [0.15, 0.2) is 12.1 Å². The lowest BCUT2D eigenvalue weighted by Crippen LogP contribution is -2.05. The third kappa shape index (κ3) is 4.98. The van der Waals surface area contributed by atoms with Gasteiger partial charge in [-0.1, -0.05) is 0 Å². The van der Waals surface area contributed by atoms with Gasteiger partial charge < -0.3 is 10.4 Å². The van der Waals surface area contributed by atoms with Crippen molar-refractivity contribution in [2.45, 2.75) is 26.2 Å². The predicted octanol–water partition coefficient (Wildman–Crippen LogP) is 1.93. The number of unbranched alkanes of at least 4 members (excludes halogenated alkanes) is 1. The summed E-state index contributed by atoms with van der Waals surface area (Å²) in [5.74, 6) is -0.109. The first-order valence-corrected chi connectivity index (χ1v) is 5.46. The maximum atomic E-state index is 10.3. The maximum absolute atomic E-state index is 10.3. The van der Waals surface area contributed by atoms with Crippen LogP contribution in [0.4, 0.5) is 5.82 Å². The van der Waals surface area contributed by atoms with E-state index in [0.717, 1.165) is 12.1 Å². The summed E-state index contributed by atoms with van der Waals surface area (Å²) in [6.45, 7) is 2.49. The number of carboxylic acids is 1. The molecule has 0 saturated heterocycles. The summed E-state index contributed by atoms with van der Waals surface area (Å²) in [5.41, 5.74) is 1.36. The number of carboxylic acid groups (broad SMARTS) is 1. The van der Waals surface area contributed by atoms with Crippen molar-refractivity contribution < 1.29 is 9.90 Å². The lowest BCUT2D eigenvalue weighted by molar-refractivity contribution is -0.137. The SMILES string of the molecule is Cc1cc(C#N)cc(NCCCCC(=O)O)n1. The predicted molar refractivity (Wildman–Crippen MR) is 63.7 cm³/mol. The van der Waals surface area contributed by atoms with Gasteiger partial charge in [-0.2, -0.15) is 5.26 Å². The van der Waals surface area contributed by atoms with Gasteiger partial charge in [0.1, 0.15) is 5.82 Å². The van der Waals surface area contributed by atoms with Gasteiger partial charge in [-0.05, 0) is 31.9 Å². The normalized spacial score (nSPS) is 9.65. The molecular weight excluding hydrogens is 218 g/mol. The van der Waals surface area contributed by atoms with Crippen molar-refractivity contribution >= 4 is 11.8 Å². The number of nitriles is 1. The summed E-state index contributed by atoms with van der Waals surface area (Å²) in [7, 11) is 0. The first-order chi connectivity index (χ1) is 8.11. The Labute approximate surface area is 100 Å². The second-order valence-electron chi connectivity index (χ2n) is 3.77. The fraction of sp³-hybridized carbons (Fsp3) is 0.417. The molecule has 0 aliphatic heterocycles. The Kier molecular flexibility index (Phi) is 4.95. The minimum absolute atomic E-state index is 0.187. The van der Waals surface area contributed by atoms with Gasteiger partial charge >= 0.3 is 5.97 Å². The lowest BCUT2D eigenvalue weighted by Gasteiger charge is -2.06. The third-order valence-electron chi connectivity index (χ3n) is 2.21. The van der Waals surface area contributed by atoms with Crippen LogP contribution in [-0.2, 0) is 4.79 Å². The number of nitrogens with one attached hydrogen (secondary N) is 1. The molecule has 0 aromatic carbocycles. The quantitative estimate of drug-likeness (QED) is 0.733. The molecule has 17 heavy (non-hydrogen) atoms. The van der Waals surface area contributed by atoms with Crippen LogP contribution in [0.1, 0.15) is 30.5 Å². The molecule has 5 nitrogen and oxygen atoms in total. The van der Waals surface area contributed by atoms with Crippen molar-refractivity contribution in [1.82, 2.24) is 4.98 Å². The Bertz CT molecular complexity index is 438. The number of aliphatic carboxylic acids is 1. The molecule has 0 bridgehead atoms. The number of aryl methyl sites for hydroxylation is 1. The molecule has 0 saturated carbocycles. The summed E-state index contributed by atoms with van der Waals surface area (Å²) in [5, 5.41) is 20.3. The Morgan fingerprint density at radius 2 is 2.29 bits per heavy atom. The van der Waals surface area contributed by atoms with Gasteiger partial charge in [-0.25, -0.2) is 4.98 Å². The Morgan fingerprint density at radius 1 is 1.53 bits per heavy atom. The van der Waals surface area contributed by atoms with Crippen molar-refractivity contribution in [2.75, 3.05) is 11.9 Å². The minimum atomic E-state index is -0.773. The van der Waals surface area contributed by atoms with Gasteiger partial charge in [-0.3, -0.25) is 4.79 Å². The van der Waals surface area contributed by atoms with E-state index in [4.69, 9.17) is 10.4 Å². The topological polar surface area (TPSA) is 86.0 Å². The Hall–Kier alpha value is -2.09. The maximum Gasteiger partial charge on any atom is 0.303 e. The summed E-state index contributed by atoms with van der Waals surface area (Å²) >= 11 is 0. The Balaban J connectivity index is 2.39. The van der Waals surface area contributed by atoms with E-state index in [1.165, 1.54) is 0 Å². The van der Waals surface area contributed by atoms with Crippen LogP contribution in [0.2, 0.25) is 0 Å². The zero-order chi connectivity index (χ0) is 12.7. The fourth-order valence-electron chi connectivity index (χ4n) is 1.44. The molecule has 0 fully saturated rings. The second kappa shape index (κ2) is 6.48. The minimum Gasteiger partial charge on any atom is -0.481 e. The van der Waals surface area contributed by atoms with Gasteiger partial charge in [0.2, 0.25) is 0 Å². The number of hydrogen-bond donors (Lipinski definition) is 2. The second-order valence-corrected chi connectivity index (χ2v) is 3.77. The standard InChI is InChI=1S/C12H15N3O2/c1-9-6-10(8-13)7-11(15-9)14-5-3-2-4-12(16)17/h6-7H,2-5H2,1H3,(H,14,15)(H,16,17). The molecule has 0 unspecified atom stereocenters. The van der Waals surface area contributed by atoms with Crippen molar-refractivity contribution in [3.05, 3.63) is 23.4 Å². The highest BCUT2D eigenvalue weighted by molar-refractivity contribution is 5.66. The molecule has 1 heterocycles. The molecule has 1 aromatic heterocycles.